The molecule has 0 aliphatic heterocycles. The van der Waals surface area contributed by atoms with Crippen LogP contribution in [0, 0.1) is 11.6 Å². The second-order valence-corrected chi connectivity index (χ2v) is 5.16. The van der Waals surface area contributed by atoms with Crippen molar-refractivity contribution in [3.8, 4) is 0 Å². The number of aromatic nitrogens is 1. The molecular weight excluding hydrogens is 280 g/mol. The van der Waals surface area contributed by atoms with Crippen molar-refractivity contribution < 1.29 is 8.78 Å². The first-order valence-corrected chi connectivity index (χ1v) is 7.14. The standard InChI is InChI=1S/C19H15F2N/c20-18-10-3-1-6-14(18)12-16-8-5-9-17(22-16)13-15-7-2-4-11-19(15)21/h1-11H,12-13H2. The van der Waals surface area contributed by atoms with Gasteiger partial charge in [0, 0.05) is 24.2 Å². The van der Waals surface area contributed by atoms with Gasteiger partial charge in [-0.1, -0.05) is 42.5 Å². The lowest BCUT2D eigenvalue weighted by molar-refractivity contribution is 0.612. The van der Waals surface area contributed by atoms with E-state index in [1.807, 2.05) is 30.3 Å². The Morgan fingerprint density at radius 1 is 0.591 bits per heavy atom. The van der Waals surface area contributed by atoms with Crippen LogP contribution in [0.4, 0.5) is 8.78 Å². The Morgan fingerprint density at radius 2 is 1.05 bits per heavy atom. The molecule has 1 heterocycles. The summed E-state index contributed by atoms with van der Waals surface area (Å²) in [6.45, 7) is 0. The van der Waals surface area contributed by atoms with Crippen LogP contribution >= 0.6 is 0 Å². The van der Waals surface area contributed by atoms with E-state index in [2.05, 4.69) is 4.98 Å². The molecule has 0 saturated carbocycles. The van der Waals surface area contributed by atoms with E-state index in [1.165, 1.54) is 12.1 Å². The Morgan fingerprint density at radius 3 is 1.50 bits per heavy atom. The minimum Gasteiger partial charge on any atom is -0.257 e. The molecule has 0 aliphatic carbocycles. The third kappa shape index (κ3) is 3.37. The second kappa shape index (κ2) is 6.48. The highest BCUT2D eigenvalue weighted by molar-refractivity contribution is 5.27. The van der Waals surface area contributed by atoms with E-state index in [0.717, 1.165) is 11.4 Å². The Kier molecular flexibility index (Phi) is 4.24. The molecule has 0 bridgehead atoms. The van der Waals surface area contributed by atoms with E-state index in [-0.39, 0.29) is 11.6 Å². The van der Waals surface area contributed by atoms with E-state index >= 15 is 0 Å². The number of pyridine rings is 1. The molecule has 1 aromatic heterocycles. The van der Waals surface area contributed by atoms with Crippen molar-refractivity contribution in [1.82, 2.24) is 4.98 Å². The van der Waals surface area contributed by atoms with Gasteiger partial charge >= 0.3 is 0 Å². The van der Waals surface area contributed by atoms with E-state index in [4.69, 9.17) is 0 Å². The molecule has 0 atom stereocenters. The maximum atomic E-state index is 13.7. The summed E-state index contributed by atoms with van der Waals surface area (Å²) in [7, 11) is 0. The first-order chi connectivity index (χ1) is 10.7. The lowest BCUT2D eigenvalue weighted by Gasteiger charge is -2.06. The van der Waals surface area contributed by atoms with Crippen molar-refractivity contribution in [2.75, 3.05) is 0 Å². The van der Waals surface area contributed by atoms with E-state index in [1.54, 1.807) is 24.3 Å². The molecular formula is C19H15F2N. The fourth-order valence-electron chi connectivity index (χ4n) is 2.40. The van der Waals surface area contributed by atoms with Gasteiger partial charge in [0.1, 0.15) is 11.6 Å². The lowest BCUT2D eigenvalue weighted by Crippen LogP contribution is -2.00. The Hall–Kier alpha value is -2.55. The van der Waals surface area contributed by atoms with Gasteiger partial charge < -0.3 is 0 Å². The van der Waals surface area contributed by atoms with Crippen LogP contribution in [-0.4, -0.2) is 4.98 Å². The van der Waals surface area contributed by atoms with Gasteiger partial charge in [-0.25, -0.2) is 8.78 Å². The fraction of sp³-hybridized carbons (Fsp3) is 0.105. The molecule has 0 amide bonds. The summed E-state index contributed by atoms with van der Waals surface area (Å²) in [6.07, 6.45) is 0.857. The molecule has 3 aromatic rings. The highest BCUT2D eigenvalue weighted by Gasteiger charge is 2.06. The molecule has 0 fully saturated rings. The molecule has 110 valence electrons. The maximum absolute atomic E-state index is 13.7. The number of rotatable bonds is 4. The predicted octanol–water partition coefficient (Wildman–Crippen LogP) is 4.54. The van der Waals surface area contributed by atoms with Gasteiger partial charge in [-0.15, -0.1) is 0 Å². The highest BCUT2D eigenvalue weighted by Crippen LogP contribution is 2.15. The molecule has 2 aromatic carbocycles. The van der Waals surface area contributed by atoms with E-state index in [0.29, 0.717) is 24.0 Å². The first kappa shape index (κ1) is 14.4. The Labute approximate surface area is 128 Å². The maximum Gasteiger partial charge on any atom is 0.126 e. The lowest BCUT2D eigenvalue weighted by atomic mass is 10.1. The number of benzene rings is 2. The van der Waals surface area contributed by atoms with Gasteiger partial charge in [0.05, 0.1) is 0 Å². The molecule has 0 aliphatic rings. The summed E-state index contributed by atoms with van der Waals surface area (Å²) in [5, 5.41) is 0. The van der Waals surface area contributed by atoms with Crippen LogP contribution in [0.15, 0.2) is 66.7 Å². The molecule has 3 heteroatoms. The molecule has 0 radical (unpaired) electrons. The van der Waals surface area contributed by atoms with Crippen LogP contribution in [-0.2, 0) is 12.8 Å². The molecule has 0 saturated heterocycles. The predicted molar refractivity (Wildman–Crippen MR) is 82.6 cm³/mol. The molecule has 0 N–H and O–H groups in total. The van der Waals surface area contributed by atoms with Crippen LogP contribution in [0.2, 0.25) is 0 Å². The van der Waals surface area contributed by atoms with E-state index < -0.39 is 0 Å². The average Bonchev–Trinajstić information content (AvgIpc) is 2.52. The summed E-state index contributed by atoms with van der Waals surface area (Å²) in [5.41, 5.74) is 2.77. The zero-order valence-corrected chi connectivity index (χ0v) is 12.0. The van der Waals surface area contributed by atoms with Crippen LogP contribution in [0.5, 0.6) is 0 Å². The van der Waals surface area contributed by atoms with Crippen molar-refractivity contribution in [1.29, 1.82) is 0 Å². The highest BCUT2D eigenvalue weighted by atomic mass is 19.1. The molecule has 0 spiro atoms. The van der Waals surface area contributed by atoms with Crippen molar-refractivity contribution in [3.63, 3.8) is 0 Å². The Bertz CT molecular complexity index is 721. The molecule has 3 rings (SSSR count). The summed E-state index contributed by atoms with van der Waals surface area (Å²) < 4.78 is 27.4. The minimum atomic E-state index is -0.233. The summed E-state index contributed by atoms with van der Waals surface area (Å²) >= 11 is 0. The molecule has 22 heavy (non-hydrogen) atoms. The van der Waals surface area contributed by atoms with Gasteiger partial charge in [-0.05, 0) is 35.4 Å². The van der Waals surface area contributed by atoms with Gasteiger partial charge in [0.2, 0.25) is 0 Å². The van der Waals surface area contributed by atoms with Crippen molar-refractivity contribution in [3.05, 3.63) is 101 Å². The van der Waals surface area contributed by atoms with Crippen LogP contribution in [0.1, 0.15) is 22.5 Å². The largest absolute Gasteiger partial charge is 0.257 e. The molecule has 0 unspecified atom stereocenters. The zero-order chi connectivity index (χ0) is 15.4. The van der Waals surface area contributed by atoms with E-state index in [9.17, 15) is 8.78 Å². The quantitative estimate of drug-likeness (QED) is 0.688. The number of halogens is 2. The minimum absolute atomic E-state index is 0.233. The third-order valence-corrected chi connectivity index (χ3v) is 3.52. The summed E-state index contributed by atoms with van der Waals surface area (Å²) in [6, 6.07) is 18.9. The number of nitrogens with zero attached hydrogens (tertiary/aromatic N) is 1. The fourth-order valence-corrected chi connectivity index (χ4v) is 2.40. The SMILES string of the molecule is Fc1ccccc1Cc1cccc(Cc2ccccc2F)n1. The average molecular weight is 295 g/mol. The second-order valence-electron chi connectivity index (χ2n) is 5.16. The van der Waals surface area contributed by atoms with Crippen LogP contribution in [0.25, 0.3) is 0 Å². The molecule has 1 nitrogen and oxygen atoms in total. The zero-order valence-electron chi connectivity index (χ0n) is 12.0. The van der Waals surface area contributed by atoms with Gasteiger partial charge in [0.15, 0.2) is 0 Å². The third-order valence-electron chi connectivity index (χ3n) is 3.52. The number of hydrogen-bond acceptors (Lipinski definition) is 1. The topological polar surface area (TPSA) is 12.9 Å². The monoisotopic (exact) mass is 295 g/mol. The Balaban J connectivity index is 1.81. The first-order valence-electron chi connectivity index (χ1n) is 7.14. The van der Waals surface area contributed by atoms with Crippen molar-refractivity contribution >= 4 is 0 Å². The van der Waals surface area contributed by atoms with Crippen LogP contribution < -0.4 is 0 Å². The van der Waals surface area contributed by atoms with Gasteiger partial charge in [-0.3, -0.25) is 4.98 Å². The normalized spacial score (nSPS) is 10.6. The van der Waals surface area contributed by atoms with Crippen molar-refractivity contribution in [2.24, 2.45) is 0 Å². The van der Waals surface area contributed by atoms with Gasteiger partial charge in [0.25, 0.3) is 0 Å². The smallest absolute Gasteiger partial charge is 0.126 e. The van der Waals surface area contributed by atoms with Crippen molar-refractivity contribution in [2.45, 2.75) is 12.8 Å². The van der Waals surface area contributed by atoms with Crippen LogP contribution in [0.3, 0.4) is 0 Å². The summed E-state index contributed by atoms with van der Waals surface area (Å²) in [4.78, 5) is 4.51. The van der Waals surface area contributed by atoms with Gasteiger partial charge in [-0.2, -0.15) is 0 Å². The summed E-state index contributed by atoms with van der Waals surface area (Å²) in [5.74, 6) is -0.465. The number of hydrogen-bond donors (Lipinski definition) is 0.